The first-order valence-electron chi connectivity index (χ1n) is 7.79. The van der Waals surface area contributed by atoms with E-state index in [1.54, 1.807) is 17.4 Å². The lowest BCUT2D eigenvalue weighted by atomic mass is 10.1. The molecule has 25 heavy (non-hydrogen) atoms. The Morgan fingerprint density at radius 2 is 2.08 bits per heavy atom. The van der Waals surface area contributed by atoms with Crippen molar-refractivity contribution in [3.8, 4) is 0 Å². The van der Waals surface area contributed by atoms with Crippen LogP contribution in [-0.2, 0) is 11.3 Å². The van der Waals surface area contributed by atoms with Gasteiger partial charge in [-0.1, -0.05) is 12.1 Å². The van der Waals surface area contributed by atoms with E-state index in [1.807, 2.05) is 35.8 Å². The van der Waals surface area contributed by atoms with Crippen LogP contribution in [0.5, 0.6) is 0 Å². The number of hydrogen-bond acceptors (Lipinski definition) is 4. The monoisotopic (exact) mass is 354 g/mol. The molecule has 0 atom stereocenters. The Hall–Kier alpha value is -2.73. The van der Waals surface area contributed by atoms with E-state index in [-0.39, 0.29) is 5.82 Å². The Balaban J connectivity index is 1.89. The Labute approximate surface area is 147 Å². The van der Waals surface area contributed by atoms with E-state index in [1.165, 1.54) is 19.2 Å². The van der Waals surface area contributed by atoms with Gasteiger partial charge in [-0.3, -0.25) is 0 Å². The molecule has 2 aromatic heterocycles. The number of thiazole rings is 1. The van der Waals surface area contributed by atoms with Crippen molar-refractivity contribution >= 4 is 38.4 Å². The van der Waals surface area contributed by atoms with Crippen LogP contribution in [0.3, 0.4) is 0 Å². The van der Waals surface area contributed by atoms with Crippen LogP contribution in [0.4, 0.5) is 4.39 Å². The third-order valence-corrected chi connectivity index (χ3v) is 5.33. The molecule has 0 unspecified atom stereocenters. The minimum atomic E-state index is -0.462. The molecular weight excluding hydrogens is 339 g/mol. The molecule has 0 saturated carbocycles. The molecule has 4 aromatic rings. The Morgan fingerprint density at radius 3 is 2.84 bits per heavy atom. The molecule has 126 valence electrons. The summed E-state index contributed by atoms with van der Waals surface area (Å²) in [6, 6.07) is 12.4. The van der Waals surface area contributed by atoms with E-state index in [9.17, 15) is 9.18 Å². The normalized spacial score (nSPS) is 11.3. The molecule has 2 heterocycles. The molecule has 4 nitrogen and oxygen atoms in total. The van der Waals surface area contributed by atoms with Gasteiger partial charge in [0.1, 0.15) is 10.8 Å². The van der Waals surface area contributed by atoms with Crippen molar-refractivity contribution in [1.29, 1.82) is 0 Å². The van der Waals surface area contributed by atoms with Crippen molar-refractivity contribution in [3.05, 3.63) is 64.5 Å². The third kappa shape index (κ3) is 2.59. The summed E-state index contributed by atoms with van der Waals surface area (Å²) in [5.41, 5.74) is 2.89. The van der Waals surface area contributed by atoms with Crippen LogP contribution in [0.15, 0.2) is 42.5 Å². The van der Waals surface area contributed by atoms with E-state index < -0.39 is 5.97 Å². The highest BCUT2D eigenvalue weighted by molar-refractivity contribution is 7.18. The third-order valence-electron chi connectivity index (χ3n) is 4.31. The number of ether oxygens (including phenoxy) is 1. The van der Waals surface area contributed by atoms with E-state index in [0.717, 1.165) is 26.4 Å². The van der Waals surface area contributed by atoms with Crippen molar-refractivity contribution in [2.24, 2.45) is 0 Å². The summed E-state index contributed by atoms with van der Waals surface area (Å²) in [7, 11) is 1.33. The van der Waals surface area contributed by atoms with Crippen molar-refractivity contribution < 1.29 is 13.9 Å². The van der Waals surface area contributed by atoms with Gasteiger partial charge in [-0.15, -0.1) is 11.3 Å². The first-order valence-corrected chi connectivity index (χ1v) is 8.61. The number of para-hydroxylation sites is 1. The molecule has 4 rings (SSSR count). The molecule has 0 radical (unpaired) electrons. The molecule has 0 N–H and O–H groups in total. The van der Waals surface area contributed by atoms with E-state index in [2.05, 4.69) is 4.98 Å². The molecule has 0 spiro atoms. The van der Waals surface area contributed by atoms with Gasteiger partial charge in [-0.2, -0.15) is 0 Å². The minimum Gasteiger partial charge on any atom is -0.465 e. The lowest BCUT2D eigenvalue weighted by Crippen LogP contribution is -2.06. The summed E-state index contributed by atoms with van der Waals surface area (Å²) in [5, 5.41) is 1.49. The fourth-order valence-corrected chi connectivity index (χ4v) is 4.10. The molecule has 0 aliphatic carbocycles. The number of nitrogens with zero attached hydrogens (tertiary/aromatic N) is 2. The average Bonchev–Trinajstić information content (AvgIpc) is 3.13. The van der Waals surface area contributed by atoms with Crippen LogP contribution < -0.4 is 0 Å². The Kier molecular flexibility index (Phi) is 3.77. The van der Waals surface area contributed by atoms with Gasteiger partial charge in [0.05, 0.1) is 29.4 Å². The highest BCUT2D eigenvalue weighted by atomic mass is 32.1. The molecule has 0 aliphatic heterocycles. The first kappa shape index (κ1) is 15.8. The van der Waals surface area contributed by atoms with Gasteiger partial charge in [-0.05, 0) is 37.3 Å². The highest BCUT2D eigenvalue weighted by Crippen LogP contribution is 2.30. The van der Waals surface area contributed by atoms with Gasteiger partial charge in [0.25, 0.3) is 0 Å². The van der Waals surface area contributed by atoms with Gasteiger partial charge in [0.2, 0.25) is 0 Å². The van der Waals surface area contributed by atoms with Crippen molar-refractivity contribution in [2.75, 3.05) is 7.11 Å². The lowest BCUT2D eigenvalue weighted by molar-refractivity contribution is 0.0602. The number of halogens is 1. The SMILES string of the molecule is COC(=O)c1c(C)n(Cc2nc3ccccc3s2)c2ccc(F)cc12. The zero-order valence-electron chi connectivity index (χ0n) is 13.7. The van der Waals surface area contributed by atoms with Gasteiger partial charge in [0, 0.05) is 16.6 Å². The standard InChI is InChI=1S/C19H15FN2O2S/c1-11-18(19(23)24-2)13-9-12(20)7-8-15(13)22(11)10-17-21-14-5-3-4-6-16(14)25-17/h3-9H,10H2,1-2H3. The molecule has 0 fully saturated rings. The van der Waals surface area contributed by atoms with Crippen molar-refractivity contribution in [1.82, 2.24) is 9.55 Å². The van der Waals surface area contributed by atoms with E-state index in [0.29, 0.717) is 17.5 Å². The van der Waals surface area contributed by atoms with Crippen LogP contribution in [0, 0.1) is 12.7 Å². The maximum Gasteiger partial charge on any atom is 0.340 e. The molecule has 2 aromatic carbocycles. The summed E-state index contributed by atoms with van der Waals surface area (Å²) >= 11 is 1.61. The zero-order chi connectivity index (χ0) is 17.6. The van der Waals surface area contributed by atoms with E-state index in [4.69, 9.17) is 4.74 Å². The molecular formula is C19H15FN2O2S. The molecule has 0 amide bonds. The fourth-order valence-electron chi connectivity index (χ4n) is 3.14. The van der Waals surface area contributed by atoms with Crippen LogP contribution in [-0.4, -0.2) is 22.6 Å². The summed E-state index contributed by atoms with van der Waals surface area (Å²) in [6.45, 7) is 2.36. The molecule has 6 heteroatoms. The highest BCUT2D eigenvalue weighted by Gasteiger charge is 2.21. The summed E-state index contributed by atoms with van der Waals surface area (Å²) in [5.74, 6) is -0.842. The predicted molar refractivity (Wildman–Crippen MR) is 96.7 cm³/mol. The number of esters is 1. The Morgan fingerprint density at radius 1 is 1.28 bits per heavy atom. The van der Waals surface area contributed by atoms with Gasteiger partial charge < -0.3 is 9.30 Å². The summed E-state index contributed by atoms with van der Waals surface area (Å²) in [6.07, 6.45) is 0. The number of rotatable bonds is 3. The topological polar surface area (TPSA) is 44.1 Å². The molecule has 0 saturated heterocycles. The number of fused-ring (bicyclic) bond motifs is 2. The number of aromatic nitrogens is 2. The summed E-state index contributed by atoms with van der Waals surface area (Å²) < 4.78 is 21.7. The van der Waals surface area contributed by atoms with Crippen molar-refractivity contribution in [2.45, 2.75) is 13.5 Å². The Bertz CT molecular complexity index is 1080. The van der Waals surface area contributed by atoms with Crippen LogP contribution in [0.1, 0.15) is 21.1 Å². The number of benzene rings is 2. The molecule has 0 aliphatic rings. The van der Waals surface area contributed by atoms with Crippen molar-refractivity contribution in [3.63, 3.8) is 0 Å². The van der Waals surface area contributed by atoms with Gasteiger partial charge in [-0.25, -0.2) is 14.2 Å². The maximum atomic E-state index is 13.7. The largest absolute Gasteiger partial charge is 0.465 e. The van der Waals surface area contributed by atoms with Gasteiger partial charge >= 0.3 is 5.97 Å². The fraction of sp³-hybridized carbons (Fsp3) is 0.158. The number of hydrogen-bond donors (Lipinski definition) is 0. The zero-order valence-corrected chi connectivity index (χ0v) is 14.6. The lowest BCUT2D eigenvalue weighted by Gasteiger charge is -2.06. The first-order chi connectivity index (χ1) is 12.1. The van der Waals surface area contributed by atoms with Crippen LogP contribution in [0.25, 0.3) is 21.1 Å². The summed E-state index contributed by atoms with van der Waals surface area (Å²) in [4.78, 5) is 16.9. The second kappa shape index (κ2) is 5.97. The second-order valence-electron chi connectivity index (χ2n) is 5.77. The second-order valence-corrected chi connectivity index (χ2v) is 6.89. The minimum absolute atomic E-state index is 0.380. The van der Waals surface area contributed by atoms with Crippen LogP contribution in [0.2, 0.25) is 0 Å². The molecule has 0 bridgehead atoms. The van der Waals surface area contributed by atoms with Gasteiger partial charge in [0.15, 0.2) is 0 Å². The van der Waals surface area contributed by atoms with E-state index >= 15 is 0 Å². The maximum absolute atomic E-state index is 13.7. The smallest absolute Gasteiger partial charge is 0.340 e. The quantitative estimate of drug-likeness (QED) is 0.508. The number of carbonyl (C=O) groups excluding carboxylic acids is 1. The van der Waals surface area contributed by atoms with Crippen LogP contribution >= 0.6 is 11.3 Å². The number of carbonyl (C=O) groups is 1. The number of methoxy groups -OCH3 is 1. The predicted octanol–water partition coefficient (Wildman–Crippen LogP) is 4.53. The average molecular weight is 354 g/mol.